The molecule has 19 heavy (non-hydrogen) atoms. The molecule has 1 aromatic rings. The molecule has 0 aliphatic rings. The highest BCUT2D eigenvalue weighted by Crippen LogP contribution is 2.14. The van der Waals surface area contributed by atoms with Gasteiger partial charge in [-0.15, -0.1) is 0 Å². The van der Waals surface area contributed by atoms with Gasteiger partial charge >= 0.3 is 5.97 Å². The third-order valence-corrected chi connectivity index (χ3v) is 2.16. The van der Waals surface area contributed by atoms with Gasteiger partial charge < -0.3 is 19.9 Å². The molecule has 1 unspecified atom stereocenters. The van der Waals surface area contributed by atoms with Crippen molar-refractivity contribution in [2.75, 3.05) is 20.3 Å². The van der Waals surface area contributed by atoms with Crippen molar-refractivity contribution in [2.24, 2.45) is 0 Å². The molecule has 0 spiro atoms. The lowest BCUT2D eigenvalue weighted by Crippen LogP contribution is -2.39. The van der Waals surface area contributed by atoms with Crippen LogP contribution in [-0.2, 0) is 14.3 Å². The fourth-order valence-corrected chi connectivity index (χ4v) is 1.19. The molecular formula is C12H14FNO5. The molecule has 0 fully saturated rings. The van der Waals surface area contributed by atoms with E-state index in [2.05, 4.69) is 10.1 Å². The number of methoxy groups -OCH3 is 1. The summed E-state index contributed by atoms with van der Waals surface area (Å²) in [5.41, 5.74) is 0. The molecule has 6 nitrogen and oxygen atoms in total. The SMILES string of the molecule is COC(=O)C(O)CNC(=O)COc1ccccc1F. The smallest absolute Gasteiger partial charge is 0.336 e. The number of hydrogen-bond donors (Lipinski definition) is 2. The van der Waals surface area contributed by atoms with Crippen LogP contribution in [0.2, 0.25) is 0 Å². The summed E-state index contributed by atoms with van der Waals surface area (Å²) in [5, 5.41) is 11.5. The zero-order valence-electron chi connectivity index (χ0n) is 10.3. The Morgan fingerprint density at radius 2 is 2.11 bits per heavy atom. The van der Waals surface area contributed by atoms with Gasteiger partial charge in [-0.3, -0.25) is 4.79 Å². The molecule has 1 aromatic carbocycles. The van der Waals surface area contributed by atoms with Crippen LogP contribution in [-0.4, -0.2) is 43.3 Å². The van der Waals surface area contributed by atoms with Crippen LogP contribution >= 0.6 is 0 Å². The molecule has 7 heteroatoms. The lowest BCUT2D eigenvalue weighted by Gasteiger charge is -2.10. The third kappa shape index (κ3) is 4.92. The molecule has 0 aromatic heterocycles. The van der Waals surface area contributed by atoms with Crippen molar-refractivity contribution in [1.29, 1.82) is 0 Å². The third-order valence-electron chi connectivity index (χ3n) is 2.16. The van der Waals surface area contributed by atoms with Crippen LogP contribution in [0.1, 0.15) is 0 Å². The summed E-state index contributed by atoms with van der Waals surface area (Å²) >= 11 is 0. The van der Waals surface area contributed by atoms with Crippen molar-refractivity contribution in [2.45, 2.75) is 6.10 Å². The lowest BCUT2D eigenvalue weighted by molar-refractivity contribution is -0.150. The summed E-state index contributed by atoms with van der Waals surface area (Å²) < 4.78 is 22.3. The Balaban J connectivity index is 2.33. The second-order valence-electron chi connectivity index (χ2n) is 3.56. The van der Waals surface area contributed by atoms with Crippen molar-refractivity contribution in [1.82, 2.24) is 5.32 Å². The van der Waals surface area contributed by atoms with Crippen molar-refractivity contribution in [3.8, 4) is 5.75 Å². The van der Waals surface area contributed by atoms with Crippen molar-refractivity contribution in [3.63, 3.8) is 0 Å². The van der Waals surface area contributed by atoms with Crippen LogP contribution in [0.5, 0.6) is 5.75 Å². The number of esters is 1. The molecule has 0 aliphatic carbocycles. The Bertz CT molecular complexity index is 452. The summed E-state index contributed by atoms with van der Waals surface area (Å²) in [5.74, 6) is -2.07. The first kappa shape index (κ1) is 14.9. The Hall–Kier alpha value is -2.15. The molecule has 0 aliphatic heterocycles. The molecule has 2 N–H and O–H groups in total. The van der Waals surface area contributed by atoms with Crippen LogP contribution in [0.3, 0.4) is 0 Å². The zero-order chi connectivity index (χ0) is 14.3. The minimum Gasteiger partial charge on any atom is -0.481 e. The number of halogens is 1. The van der Waals surface area contributed by atoms with E-state index >= 15 is 0 Å². The van der Waals surface area contributed by atoms with Gasteiger partial charge in [0, 0.05) is 0 Å². The van der Waals surface area contributed by atoms with E-state index in [-0.39, 0.29) is 12.3 Å². The van der Waals surface area contributed by atoms with E-state index in [9.17, 15) is 19.1 Å². The Morgan fingerprint density at radius 1 is 1.42 bits per heavy atom. The maximum Gasteiger partial charge on any atom is 0.336 e. The maximum atomic E-state index is 13.1. The number of para-hydroxylation sites is 1. The van der Waals surface area contributed by atoms with Gasteiger partial charge in [-0.05, 0) is 12.1 Å². The molecule has 1 rings (SSSR count). The van der Waals surface area contributed by atoms with E-state index < -0.39 is 30.4 Å². The van der Waals surface area contributed by atoms with Gasteiger partial charge in [-0.25, -0.2) is 9.18 Å². The number of amides is 1. The van der Waals surface area contributed by atoms with E-state index in [1.165, 1.54) is 18.2 Å². The number of nitrogens with one attached hydrogen (secondary N) is 1. The summed E-state index contributed by atoms with van der Waals surface area (Å²) in [6.07, 6.45) is -1.44. The van der Waals surface area contributed by atoms with Gasteiger partial charge in [-0.2, -0.15) is 0 Å². The number of ether oxygens (including phenoxy) is 2. The highest BCUT2D eigenvalue weighted by Gasteiger charge is 2.16. The van der Waals surface area contributed by atoms with Gasteiger partial charge in [0.2, 0.25) is 0 Å². The Morgan fingerprint density at radius 3 is 2.74 bits per heavy atom. The van der Waals surface area contributed by atoms with Gasteiger partial charge in [0.25, 0.3) is 5.91 Å². The van der Waals surface area contributed by atoms with Crippen LogP contribution in [0.25, 0.3) is 0 Å². The number of aliphatic hydroxyl groups excluding tert-OH is 1. The summed E-state index contributed by atoms with van der Waals surface area (Å²) in [4.78, 5) is 22.2. The molecule has 0 saturated heterocycles. The predicted molar refractivity (Wildman–Crippen MR) is 62.9 cm³/mol. The summed E-state index contributed by atoms with van der Waals surface area (Å²) in [6, 6.07) is 5.65. The highest BCUT2D eigenvalue weighted by atomic mass is 19.1. The average molecular weight is 271 g/mol. The number of carbonyl (C=O) groups excluding carboxylic acids is 2. The Kier molecular flexibility index (Phi) is 5.74. The number of rotatable bonds is 6. The molecule has 0 bridgehead atoms. The number of aliphatic hydroxyl groups is 1. The molecule has 0 heterocycles. The van der Waals surface area contributed by atoms with Gasteiger partial charge in [0.05, 0.1) is 13.7 Å². The number of hydrogen-bond acceptors (Lipinski definition) is 5. The largest absolute Gasteiger partial charge is 0.481 e. The van der Waals surface area contributed by atoms with Crippen molar-refractivity contribution in [3.05, 3.63) is 30.1 Å². The number of benzene rings is 1. The summed E-state index contributed by atoms with van der Waals surface area (Å²) in [7, 11) is 1.12. The fraction of sp³-hybridized carbons (Fsp3) is 0.333. The molecule has 104 valence electrons. The average Bonchev–Trinajstić information content (AvgIpc) is 2.42. The van der Waals surface area contributed by atoms with Crippen LogP contribution < -0.4 is 10.1 Å². The van der Waals surface area contributed by atoms with Crippen molar-refractivity contribution < 1.29 is 28.6 Å². The first-order valence-electron chi connectivity index (χ1n) is 5.44. The first-order valence-corrected chi connectivity index (χ1v) is 5.44. The molecule has 1 atom stereocenters. The quantitative estimate of drug-likeness (QED) is 0.703. The molecule has 0 radical (unpaired) electrons. The highest BCUT2D eigenvalue weighted by molar-refractivity contribution is 5.79. The van der Waals surface area contributed by atoms with E-state index in [1.807, 2.05) is 0 Å². The normalized spacial score (nSPS) is 11.5. The van der Waals surface area contributed by atoms with Crippen LogP contribution in [0.4, 0.5) is 4.39 Å². The van der Waals surface area contributed by atoms with Gasteiger partial charge in [0.15, 0.2) is 24.3 Å². The number of carbonyl (C=O) groups is 2. The second-order valence-corrected chi connectivity index (χ2v) is 3.56. The second kappa shape index (κ2) is 7.32. The van der Waals surface area contributed by atoms with E-state index in [0.29, 0.717) is 0 Å². The maximum absolute atomic E-state index is 13.1. The lowest BCUT2D eigenvalue weighted by atomic mass is 10.3. The van der Waals surface area contributed by atoms with Gasteiger partial charge in [0.1, 0.15) is 0 Å². The van der Waals surface area contributed by atoms with E-state index in [0.717, 1.165) is 7.11 Å². The summed E-state index contributed by atoms with van der Waals surface area (Å²) in [6.45, 7) is -0.721. The predicted octanol–water partition coefficient (Wildman–Crippen LogP) is -0.145. The monoisotopic (exact) mass is 271 g/mol. The fourth-order valence-electron chi connectivity index (χ4n) is 1.19. The zero-order valence-corrected chi connectivity index (χ0v) is 10.3. The topological polar surface area (TPSA) is 84.9 Å². The first-order chi connectivity index (χ1) is 9.04. The van der Waals surface area contributed by atoms with Crippen LogP contribution in [0.15, 0.2) is 24.3 Å². The van der Waals surface area contributed by atoms with Gasteiger partial charge in [-0.1, -0.05) is 12.1 Å². The standard InChI is InChI=1S/C12H14FNO5/c1-18-12(17)9(15)6-14-11(16)7-19-10-5-3-2-4-8(10)13/h2-5,9,15H,6-7H2,1H3,(H,14,16). The van der Waals surface area contributed by atoms with E-state index in [4.69, 9.17) is 4.74 Å². The van der Waals surface area contributed by atoms with E-state index in [1.54, 1.807) is 6.07 Å². The van der Waals surface area contributed by atoms with Crippen molar-refractivity contribution >= 4 is 11.9 Å². The molecular weight excluding hydrogens is 257 g/mol. The Labute approximate surface area is 109 Å². The minimum atomic E-state index is -1.44. The molecule has 1 amide bonds. The molecule has 0 saturated carbocycles. The minimum absolute atomic E-state index is 0.0498. The van der Waals surface area contributed by atoms with Crippen LogP contribution in [0, 0.1) is 5.82 Å².